The molecule has 0 aliphatic carbocycles. The molecule has 0 radical (unpaired) electrons. The van der Waals surface area contributed by atoms with Crippen LogP contribution in [0.25, 0.3) is 0 Å². The Bertz CT molecular complexity index is 677. The van der Waals surface area contributed by atoms with Gasteiger partial charge in [0.15, 0.2) is 17.3 Å². The molecule has 0 bridgehead atoms. The first-order valence-corrected chi connectivity index (χ1v) is 6.02. The van der Waals surface area contributed by atoms with E-state index in [0.29, 0.717) is 11.3 Å². The van der Waals surface area contributed by atoms with Crippen LogP contribution in [0, 0.1) is 21.7 Å². The lowest BCUT2D eigenvalue weighted by molar-refractivity contribution is -0.384. The Kier molecular flexibility index (Phi) is 4.32. The number of nitrogens with one attached hydrogen (secondary N) is 1. The third-order valence-corrected chi connectivity index (χ3v) is 2.92. The van der Waals surface area contributed by atoms with Gasteiger partial charge in [0.05, 0.1) is 12.0 Å². The number of methoxy groups -OCH3 is 1. The highest BCUT2D eigenvalue weighted by Gasteiger charge is 2.21. The second-order valence-corrected chi connectivity index (χ2v) is 4.18. The fourth-order valence-corrected chi connectivity index (χ4v) is 1.89. The predicted molar refractivity (Wildman–Crippen MR) is 73.3 cm³/mol. The summed E-state index contributed by atoms with van der Waals surface area (Å²) in [6.07, 6.45) is 0. The first-order valence-electron chi connectivity index (χ1n) is 6.02. The van der Waals surface area contributed by atoms with Crippen LogP contribution in [0.5, 0.6) is 5.75 Å². The summed E-state index contributed by atoms with van der Waals surface area (Å²) in [5, 5.41) is 13.4. The van der Waals surface area contributed by atoms with Gasteiger partial charge in [0.1, 0.15) is 5.75 Å². The molecule has 0 fully saturated rings. The second kappa shape index (κ2) is 6.17. The monoisotopic (exact) mass is 294 g/mol. The fourth-order valence-electron chi connectivity index (χ4n) is 1.89. The number of benzene rings is 2. The highest BCUT2D eigenvalue weighted by atomic mass is 19.2. The molecule has 2 aromatic carbocycles. The van der Waals surface area contributed by atoms with Crippen molar-refractivity contribution >= 4 is 11.4 Å². The fraction of sp³-hybridized carbons (Fsp3) is 0.143. The van der Waals surface area contributed by atoms with E-state index in [-0.39, 0.29) is 6.54 Å². The molecule has 110 valence electrons. The van der Waals surface area contributed by atoms with Crippen LogP contribution in [-0.4, -0.2) is 12.0 Å². The highest BCUT2D eigenvalue weighted by molar-refractivity contribution is 5.62. The Morgan fingerprint density at radius 1 is 1.24 bits per heavy atom. The molecule has 0 saturated carbocycles. The van der Waals surface area contributed by atoms with E-state index in [1.165, 1.54) is 7.11 Å². The van der Waals surface area contributed by atoms with Crippen molar-refractivity contribution in [3.63, 3.8) is 0 Å². The molecule has 0 aliphatic heterocycles. The summed E-state index contributed by atoms with van der Waals surface area (Å²) in [5.74, 6) is -1.88. The van der Waals surface area contributed by atoms with Crippen LogP contribution in [0.15, 0.2) is 36.4 Å². The number of nitrogens with zero attached hydrogens (tertiary/aromatic N) is 1. The summed E-state index contributed by atoms with van der Waals surface area (Å²) in [6, 6.07) is 8.57. The average Bonchev–Trinajstić information content (AvgIpc) is 2.48. The van der Waals surface area contributed by atoms with Crippen molar-refractivity contribution in [2.24, 2.45) is 0 Å². The van der Waals surface area contributed by atoms with E-state index in [0.717, 1.165) is 12.1 Å². The maximum Gasteiger partial charge on any atom is 0.295 e. The second-order valence-electron chi connectivity index (χ2n) is 4.18. The minimum atomic E-state index is -1.28. The van der Waals surface area contributed by atoms with Gasteiger partial charge in [-0.15, -0.1) is 0 Å². The van der Waals surface area contributed by atoms with Crippen LogP contribution >= 0.6 is 0 Å². The summed E-state index contributed by atoms with van der Waals surface area (Å²) >= 11 is 0. The standard InChI is InChI=1S/C14H12F2N2O3/c1-21-12-5-3-2-4-9(12)8-17-14-11(18(19)20)7-6-10(15)13(14)16/h2-7,17H,8H2,1H3. The van der Waals surface area contributed by atoms with Gasteiger partial charge in [-0.1, -0.05) is 18.2 Å². The molecular weight excluding hydrogens is 282 g/mol. The van der Waals surface area contributed by atoms with Crippen molar-refractivity contribution in [3.05, 3.63) is 63.7 Å². The maximum atomic E-state index is 13.7. The molecule has 0 aromatic heterocycles. The molecule has 0 spiro atoms. The van der Waals surface area contributed by atoms with Crippen molar-refractivity contribution in [2.75, 3.05) is 12.4 Å². The van der Waals surface area contributed by atoms with E-state index in [2.05, 4.69) is 5.32 Å². The topological polar surface area (TPSA) is 64.4 Å². The zero-order valence-electron chi connectivity index (χ0n) is 11.1. The molecule has 0 saturated heterocycles. The summed E-state index contributed by atoms with van der Waals surface area (Å²) in [5.41, 5.74) is -0.340. The van der Waals surface area contributed by atoms with Gasteiger partial charge < -0.3 is 10.1 Å². The number of anilines is 1. The number of hydrogen-bond acceptors (Lipinski definition) is 4. The quantitative estimate of drug-likeness (QED) is 0.677. The normalized spacial score (nSPS) is 10.2. The van der Waals surface area contributed by atoms with Gasteiger partial charge in [0, 0.05) is 18.2 Å². The van der Waals surface area contributed by atoms with Gasteiger partial charge in [0.25, 0.3) is 5.69 Å². The summed E-state index contributed by atoms with van der Waals surface area (Å²) in [4.78, 5) is 10.1. The maximum absolute atomic E-state index is 13.7. The van der Waals surface area contributed by atoms with Crippen LogP contribution in [-0.2, 0) is 6.54 Å². The molecule has 2 aromatic rings. The Morgan fingerprint density at radius 2 is 1.95 bits per heavy atom. The number of nitro groups is 1. The van der Waals surface area contributed by atoms with Crippen LogP contribution < -0.4 is 10.1 Å². The summed E-state index contributed by atoms with van der Waals surface area (Å²) in [6.45, 7) is 0.0607. The van der Waals surface area contributed by atoms with Crippen molar-refractivity contribution in [3.8, 4) is 5.75 Å². The molecule has 2 rings (SSSR count). The molecule has 0 atom stereocenters. The average molecular weight is 294 g/mol. The Balaban J connectivity index is 2.31. The van der Waals surface area contributed by atoms with E-state index < -0.39 is 27.9 Å². The lowest BCUT2D eigenvalue weighted by Gasteiger charge is -2.11. The molecule has 7 heteroatoms. The van der Waals surface area contributed by atoms with Gasteiger partial charge in [-0.2, -0.15) is 0 Å². The van der Waals surface area contributed by atoms with Gasteiger partial charge in [-0.3, -0.25) is 10.1 Å². The van der Waals surface area contributed by atoms with Crippen LogP contribution in [0.1, 0.15) is 5.56 Å². The number of halogens is 2. The summed E-state index contributed by atoms with van der Waals surface area (Å²) in [7, 11) is 1.48. The van der Waals surface area contributed by atoms with Crippen molar-refractivity contribution in [1.29, 1.82) is 0 Å². The molecule has 0 unspecified atom stereocenters. The number of hydrogen-bond donors (Lipinski definition) is 1. The largest absolute Gasteiger partial charge is 0.496 e. The first kappa shape index (κ1) is 14.7. The molecule has 1 N–H and O–H groups in total. The molecule has 0 aliphatic rings. The predicted octanol–water partition coefficient (Wildman–Crippen LogP) is 3.49. The Hall–Kier alpha value is -2.70. The Morgan fingerprint density at radius 3 is 2.62 bits per heavy atom. The molecule has 0 heterocycles. The minimum Gasteiger partial charge on any atom is -0.496 e. The molecular formula is C14H12F2N2O3. The number of ether oxygens (including phenoxy) is 1. The van der Waals surface area contributed by atoms with E-state index >= 15 is 0 Å². The van der Waals surface area contributed by atoms with Crippen molar-refractivity contribution < 1.29 is 18.4 Å². The number of rotatable bonds is 5. The first-order chi connectivity index (χ1) is 10.0. The van der Waals surface area contributed by atoms with Crippen LogP contribution in [0.4, 0.5) is 20.2 Å². The third kappa shape index (κ3) is 3.07. The zero-order chi connectivity index (χ0) is 15.4. The van der Waals surface area contributed by atoms with Gasteiger partial charge in [-0.05, 0) is 12.1 Å². The molecule has 21 heavy (non-hydrogen) atoms. The highest BCUT2D eigenvalue weighted by Crippen LogP contribution is 2.30. The van der Waals surface area contributed by atoms with E-state index in [9.17, 15) is 18.9 Å². The van der Waals surface area contributed by atoms with Gasteiger partial charge in [0.2, 0.25) is 0 Å². The van der Waals surface area contributed by atoms with Crippen LogP contribution in [0.2, 0.25) is 0 Å². The number of nitro benzene ring substituents is 1. The van der Waals surface area contributed by atoms with Crippen molar-refractivity contribution in [1.82, 2.24) is 0 Å². The van der Waals surface area contributed by atoms with Gasteiger partial charge >= 0.3 is 0 Å². The molecule has 0 amide bonds. The third-order valence-electron chi connectivity index (χ3n) is 2.92. The van der Waals surface area contributed by atoms with E-state index in [4.69, 9.17) is 4.74 Å². The SMILES string of the molecule is COc1ccccc1CNc1c([N+](=O)[O-])ccc(F)c1F. The zero-order valence-corrected chi connectivity index (χ0v) is 11.1. The minimum absolute atomic E-state index is 0.0607. The molecule has 5 nitrogen and oxygen atoms in total. The Labute approximate surface area is 119 Å². The number of para-hydroxylation sites is 1. The lowest BCUT2D eigenvalue weighted by Crippen LogP contribution is -2.07. The smallest absolute Gasteiger partial charge is 0.295 e. The lowest BCUT2D eigenvalue weighted by atomic mass is 10.2. The van der Waals surface area contributed by atoms with Crippen molar-refractivity contribution in [2.45, 2.75) is 6.54 Å². The van der Waals surface area contributed by atoms with Crippen LogP contribution in [0.3, 0.4) is 0 Å². The van der Waals surface area contributed by atoms with E-state index in [1.54, 1.807) is 24.3 Å². The van der Waals surface area contributed by atoms with E-state index in [1.807, 2.05) is 0 Å². The van der Waals surface area contributed by atoms with Gasteiger partial charge in [-0.25, -0.2) is 8.78 Å². The summed E-state index contributed by atoms with van der Waals surface area (Å²) < 4.78 is 32.1.